The highest BCUT2D eigenvalue weighted by molar-refractivity contribution is 5.22. The van der Waals surface area contributed by atoms with E-state index < -0.39 is 17.5 Å². The average Bonchev–Trinajstić information content (AvgIpc) is 2.26. The van der Waals surface area contributed by atoms with Gasteiger partial charge in [-0.15, -0.1) is 0 Å². The van der Waals surface area contributed by atoms with E-state index in [0.29, 0.717) is 18.6 Å². The second-order valence-electron chi connectivity index (χ2n) is 3.42. The molecule has 16 heavy (non-hydrogen) atoms. The number of methoxy groups -OCH3 is 1. The SMILES string of the molecule is CNC(CCOC)c1cc(F)c(F)c(F)c1. The van der Waals surface area contributed by atoms with Gasteiger partial charge in [-0.3, -0.25) is 0 Å². The predicted molar refractivity (Wildman–Crippen MR) is 54.6 cm³/mol. The molecular formula is C11H14F3NO. The molecule has 2 nitrogen and oxygen atoms in total. The van der Waals surface area contributed by atoms with Crippen molar-refractivity contribution in [2.24, 2.45) is 0 Å². The Morgan fingerprint density at radius 3 is 2.25 bits per heavy atom. The molecule has 0 radical (unpaired) electrons. The fourth-order valence-corrected chi connectivity index (χ4v) is 1.49. The smallest absolute Gasteiger partial charge is 0.194 e. The van der Waals surface area contributed by atoms with Crippen molar-refractivity contribution in [3.63, 3.8) is 0 Å². The first kappa shape index (κ1) is 13.0. The largest absolute Gasteiger partial charge is 0.385 e. The molecule has 0 spiro atoms. The second-order valence-corrected chi connectivity index (χ2v) is 3.42. The number of benzene rings is 1. The quantitative estimate of drug-likeness (QED) is 0.788. The molecule has 0 aliphatic rings. The van der Waals surface area contributed by atoms with E-state index in [9.17, 15) is 13.2 Å². The Hall–Kier alpha value is -1.07. The Balaban J connectivity index is 2.92. The van der Waals surface area contributed by atoms with Gasteiger partial charge in [0.2, 0.25) is 0 Å². The standard InChI is InChI=1S/C11H14F3NO/c1-15-10(3-4-16-2)7-5-8(12)11(14)9(13)6-7/h5-6,10,15H,3-4H2,1-2H3. The van der Waals surface area contributed by atoms with E-state index in [-0.39, 0.29) is 6.04 Å². The van der Waals surface area contributed by atoms with Crippen molar-refractivity contribution in [3.8, 4) is 0 Å². The summed E-state index contributed by atoms with van der Waals surface area (Å²) >= 11 is 0. The van der Waals surface area contributed by atoms with E-state index in [4.69, 9.17) is 4.74 Å². The van der Waals surface area contributed by atoms with Crippen LogP contribution in [0.5, 0.6) is 0 Å². The highest BCUT2D eigenvalue weighted by Gasteiger charge is 2.15. The molecule has 1 unspecified atom stereocenters. The molecule has 1 atom stereocenters. The predicted octanol–water partition coefficient (Wildman–Crippen LogP) is 2.40. The lowest BCUT2D eigenvalue weighted by Crippen LogP contribution is -2.18. The monoisotopic (exact) mass is 233 g/mol. The van der Waals surface area contributed by atoms with Crippen LogP contribution in [-0.2, 0) is 4.74 Å². The minimum atomic E-state index is -1.44. The van der Waals surface area contributed by atoms with Gasteiger partial charge in [-0.05, 0) is 31.2 Å². The summed E-state index contributed by atoms with van der Waals surface area (Å²) in [6.45, 7) is 0.451. The van der Waals surface area contributed by atoms with E-state index in [1.165, 1.54) is 0 Å². The summed E-state index contributed by atoms with van der Waals surface area (Å²) in [6, 6.07) is 1.73. The van der Waals surface area contributed by atoms with Crippen LogP contribution >= 0.6 is 0 Å². The number of halogens is 3. The van der Waals surface area contributed by atoms with E-state index in [2.05, 4.69) is 5.32 Å². The molecule has 0 aromatic heterocycles. The Kier molecular flexibility index (Phi) is 4.76. The second kappa shape index (κ2) is 5.86. The maximum absolute atomic E-state index is 13.0. The minimum Gasteiger partial charge on any atom is -0.385 e. The Bertz CT molecular complexity index is 334. The van der Waals surface area contributed by atoms with Gasteiger partial charge in [-0.2, -0.15) is 0 Å². The van der Waals surface area contributed by atoms with Crippen molar-refractivity contribution in [3.05, 3.63) is 35.1 Å². The van der Waals surface area contributed by atoms with Crippen LogP contribution in [0.1, 0.15) is 18.0 Å². The molecule has 0 aliphatic heterocycles. The first-order valence-corrected chi connectivity index (χ1v) is 4.90. The number of hydrogen-bond donors (Lipinski definition) is 1. The number of nitrogens with one attached hydrogen (secondary N) is 1. The molecule has 1 N–H and O–H groups in total. The average molecular weight is 233 g/mol. The van der Waals surface area contributed by atoms with Crippen molar-refractivity contribution in [2.75, 3.05) is 20.8 Å². The van der Waals surface area contributed by atoms with Crippen molar-refractivity contribution >= 4 is 0 Å². The Morgan fingerprint density at radius 1 is 1.25 bits per heavy atom. The van der Waals surface area contributed by atoms with Crippen molar-refractivity contribution in [1.82, 2.24) is 5.32 Å². The molecule has 1 rings (SSSR count). The van der Waals surface area contributed by atoms with E-state index in [1.54, 1.807) is 14.2 Å². The van der Waals surface area contributed by atoms with Crippen LogP contribution in [0.2, 0.25) is 0 Å². The molecule has 1 aromatic rings. The Labute approximate surface area is 92.4 Å². The molecule has 1 aromatic carbocycles. The summed E-state index contributed by atoms with van der Waals surface area (Å²) in [4.78, 5) is 0. The van der Waals surface area contributed by atoms with E-state index >= 15 is 0 Å². The Morgan fingerprint density at radius 2 is 1.81 bits per heavy atom. The van der Waals surface area contributed by atoms with Crippen LogP contribution in [-0.4, -0.2) is 20.8 Å². The van der Waals surface area contributed by atoms with Crippen molar-refractivity contribution in [2.45, 2.75) is 12.5 Å². The minimum absolute atomic E-state index is 0.260. The van der Waals surface area contributed by atoms with Crippen LogP contribution in [0.15, 0.2) is 12.1 Å². The van der Waals surface area contributed by atoms with Crippen LogP contribution in [0.3, 0.4) is 0 Å². The normalized spacial score (nSPS) is 12.8. The number of hydrogen-bond acceptors (Lipinski definition) is 2. The topological polar surface area (TPSA) is 21.3 Å². The molecule has 0 heterocycles. The third-order valence-electron chi connectivity index (χ3n) is 2.37. The zero-order chi connectivity index (χ0) is 12.1. The zero-order valence-corrected chi connectivity index (χ0v) is 9.19. The summed E-state index contributed by atoms with van der Waals surface area (Å²) in [5, 5.41) is 2.89. The van der Waals surface area contributed by atoms with Gasteiger partial charge in [0, 0.05) is 19.8 Å². The lowest BCUT2D eigenvalue weighted by Gasteiger charge is -2.16. The van der Waals surface area contributed by atoms with Crippen molar-refractivity contribution < 1.29 is 17.9 Å². The summed E-state index contributed by atoms with van der Waals surface area (Å²) in [7, 11) is 3.21. The highest BCUT2D eigenvalue weighted by atomic mass is 19.2. The highest BCUT2D eigenvalue weighted by Crippen LogP contribution is 2.21. The first-order chi connectivity index (χ1) is 7.60. The molecule has 0 saturated heterocycles. The van der Waals surface area contributed by atoms with Gasteiger partial charge < -0.3 is 10.1 Å². The fourth-order valence-electron chi connectivity index (χ4n) is 1.49. The van der Waals surface area contributed by atoms with Gasteiger partial charge >= 0.3 is 0 Å². The molecule has 5 heteroatoms. The summed E-state index contributed by atoms with van der Waals surface area (Å²) in [6.07, 6.45) is 0.553. The summed E-state index contributed by atoms with van der Waals surface area (Å²) in [5.41, 5.74) is 0.371. The third-order valence-corrected chi connectivity index (χ3v) is 2.37. The van der Waals surface area contributed by atoms with Gasteiger partial charge in [-0.25, -0.2) is 13.2 Å². The summed E-state index contributed by atoms with van der Waals surface area (Å²) in [5.74, 6) is -3.79. The van der Waals surface area contributed by atoms with Crippen molar-refractivity contribution in [1.29, 1.82) is 0 Å². The molecule has 0 saturated carbocycles. The molecule has 0 amide bonds. The van der Waals surface area contributed by atoms with Gasteiger partial charge in [-0.1, -0.05) is 0 Å². The van der Waals surface area contributed by atoms with Crippen LogP contribution < -0.4 is 5.32 Å². The molecule has 0 fully saturated rings. The fraction of sp³-hybridized carbons (Fsp3) is 0.455. The maximum Gasteiger partial charge on any atom is 0.194 e. The number of ether oxygens (including phenoxy) is 1. The van der Waals surface area contributed by atoms with Gasteiger partial charge in [0.25, 0.3) is 0 Å². The van der Waals surface area contributed by atoms with Gasteiger partial charge in [0.05, 0.1) is 0 Å². The maximum atomic E-state index is 13.0. The molecule has 0 bridgehead atoms. The van der Waals surface area contributed by atoms with E-state index in [1.807, 2.05) is 0 Å². The van der Waals surface area contributed by atoms with Gasteiger partial charge in [0.1, 0.15) is 0 Å². The lowest BCUT2D eigenvalue weighted by atomic mass is 10.0. The van der Waals surface area contributed by atoms with Gasteiger partial charge in [0.15, 0.2) is 17.5 Å². The van der Waals surface area contributed by atoms with Crippen LogP contribution in [0, 0.1) is 17.5 Å². The lowest BCUT2D eigenvalue weighted by molar-refractivity contribution is 0.184. The van der Waals surface area contributed by atoms with Crippen LogP contribution in [0.4, 0.5) is 13.2 Å². The van der Waals surface area contributed by atoms with E-state index in [0.717, 1.165) is 12.1 Å². The zero-order valence-electron chi connectivity index (χ0n) is 9.19. The summed E-state index contributed by atoms with van der Waals surface area (Å²) < 4.78 is 43.6. The molecule has 0 aliphatic carbocycles. The number of rotatable bonds is 5. The molecular weight excluding hydrogens is 219 g/mol. The van der Waals surface area contributed by atoms with Crippen LogP contribution in [0.25, 0.3) is 0 Å². The molecule has 90 valence electrons. The first-order valence-electron chi connectivity index (χ1n) is 4.90. The third kappa shape index (κ3) is 2.96.